The summed E-state index contributed by atoms with van der Waals surface area (Å²) in [5, 5.41) is 3.61. The first kappa shape index (κ1) is 12.6. The van der Waals surface area contributed by atoms with Gasteiger partial charge in [-0.3, -0.25) is 4.79 Å². The highest BCUT2D eigenvalue weighted by molar-refractivity contribution is 7.10. The number of anilines is 2. The molecule has 94 valence electrons. The van der Waals surface area contributed by atoms with Gasteiger partial charge in [0.05, 0.1) is 5.69 Å². The number of nitrogens with one attached hydrogen (secondary N) is 1. The second kappa shape index (κ2) is 5.18. The molecule has 0 aliphatic carbocycles. The summed E-state index contributed by atoms with van der Waals surface area (Å²) in [6.45, 7) is 1.90. The van der Waals surface area contributed by atoms with Crippen LogP contribution in [0, 0.1) is 6.92 Å². The number of aryl methyl sites for hydroxylation is 1. The zero-order chi connectivity index (χ0) is 13.1. The lowest BCUT2D eigenvalue weighted by Crippen LogP contribution is -2.13. The van der Waals surface area contributed by atoms with Gasteiger partial charge in [-0.05, 0) is 42.7 Å². The molecule has 0 saturated heterocycles. The number of carbonyl (C=O) groups excluding carboxylic acids is 1. The highest BCUT2D eigenvalue weighted by Gasteiger charge is 2.08. The first-order valence-electron chi connectivity index (χ1n) is 5.58. The van der Waals surface area contributed by atoms with Gasteiger partial charge in [0.15, 0.2) is 0 Å². The first-order valence-corrected chi connectivity index (χ1v) is 6.35. The Morgan fingerprint density at radius 3 is 2.72 bits per heavy atom. The van der Waals surface area contributed by atoms with Gasteiger partial charge >= 0.3 is 0 Å². The molecule has 1 aromatic carbocycles. The van der Waals surface area contributed by atoms with Gasteiger partial charge in [-0.1, -0.05) is 6.07 Å². The Morgan fingerprint density at radius 1 is 1.33 bits per heavy atom. The quantitative estimate of drug-likeness (QED) is 0.924. The molecule has 1 aromatic heterocycles. The summed E-state index contributed by atoms with van der Waals surface area (Å²) in [5.41, 5.74) is 2.56. The summed E-state index contributed by atoms with van der Waals surface area (Å²) in [4.78, 5) is 14.0. The SMILES string of the molecule is Cc1cc(NC(=O)c2cccc(N(C)C)c2)sn1. The summed E-state index contributed by atoms with van der Waals surface area (Å²) >= 11 is 1.29. The summed E-state index contributed by atoms with van der Waals surface area (Å²) in [6, 6.07) is 9.37. The van der Waals surface area contributed by atoms with Crippen molar-refractivity contribution in [3.05, 3.63) is 41.6 Å². The predicted octanol–water partition coefficient (Wildman–Crippen LogP) is 2.77. The number of benzene rings is 1. The van der Waals surface area contributed by atoms with Crippen molar-refractivity contribution in [2.24, 2.45) is 0 Å². The maximum Gasteiger partial charge on any atom is 0.256 e. The van der Waals surface area contributed by atoms with Crippen LogP contribution in [0.3, 0.4) is 0 Å². The van der Waals surface area contributed by atoms with Crippen molar-refractivity contribution >= 4 is 28.1 Å². The van der Waals surface area contributed by atoms with Crippen molar-refractivity contribution in [3.63, 3.8) is 0 Å². The van der Waals surface area contributed by atoms with Crippen LogP contribution in [-0.4, -0.2) is 24.4 Å². The van der Waals surface area contributed by atoms with Crippen molar-refractivity contribution in [2.75, 3.05) is 24.3 Å². The Labute approximate surface area is 110 Å². The fourth-order valence-corrected chi connectivity index (χ4v) is 2.19. The van der Waals surface area contributed by atoms with Crippen molar-refractivity contribution in [2.45, 2.75) is 6.92 Å². The molecule has 0 spiro atoms. The van der Waals surface area contributed by atoms with Gasteiger partial charge < -0.3 is 10.2 Å². The number of carbonyl (C=O) groups is 1. The third-order valence-electron chi connectivity index (χ3n) is 2.49. The molecule has 2 rings (SSSR count). The molecule has 1 heterocycles. The third kappa shape index (κ3) is 2.87. The highest BCUT2D eigenvalue weighted by Crippen LogP contribution is 2.18. The van der Waals surface area contributed by atoms with Crippen LogP contribution in [0.15, 0.2) is 30.3 Å². The average molecular weight is 261 g/mol. The summed E-state index contributed by atoms with van der Waals surface area (Å²) < 4.78 is 4.13. The molecule has 18 heavy (non-hydrogen) atoms. The van der Waals surface area contributed by atoms with Crippen LogP contribution in [0.2, 0.25) is 0 Å². The van der Waals surface area contributed by atoms with E-state index in [1.54, 1.807) is 6.07 Å². The minimum Gasteiger partial charge on any atom is -0.378 e. The van der Waals surface area contributed by atoms with E-state index in [0.717, 1.165) is 16.4 Å². The van der Waals surface area contributed by atoms with Crippen molar-refractivity contribution in [1.29, 1.82) is 0 Å². The van der Waals surface area contributed by atoms with Gasteiger partial charge in [-0.15, -0.1) is 0 Å². The van der Waals surface area contributed by atoms with Crippen LogP contribution in [0.1, 0.15) is 16.1 Å². The van der Waals surface area contributed by atoms with Crippen LogP contribution in [0.4, 0.5) is 10.7 Å². The standard InChI is InChI=1S/C13H15N3OS/c1-9-7-12(18-15-9)14-13(17)10-5-4-6-11(8-10)16(2)3/h4-8H,1-3H3,(H,14,17). The molecule has 5 heteroatoms. The monoisotopic (exact) mass is 261 g/mol. The van der Waals surface area contributed by atoms with Crippen molar-refractivity contribution in [3.8, 4) is 0 Å². The lowest BCUT2D eigenvalue weighted by Gasteiger charge is -2.13. The average Bonchev–Trinajstić information content (AvgIpc) is 2.75. The van der Waals surface area contributed by atoms with Gasteiger partial charge in [-0.2, -0.15) is 4.37 Å². The molecule has 1 N–H and O–H groups in total. The maximum absolute atomic E-state index is 12.0. The van der Waals surface area contributed by atoms with E-state index in [2.05, 4.69) is 9.69 Å². The zero-order valence-electron chi connectivity index (χ0n) is 10.6. The maximum atomic E-state index is 12.0. The lowest BCUT2D eigenvalue weighted by molar-refractivity contribution is 0.102. The molecule has 0 fully saturated rings. The smallest absolute Gasteiger partial charge is 0.256 e. The molecular formula is C13H15N3OS. The second-order valence-electron chi connectivity index (χ2n) is 4.23. The molecule has 0 bridgehead atoms. The number of nitrogens with zero attached hydrogens (tertiary/aromatic N) is 2. The van der Waals surface area contributed by atoms with Gasteiger partial charge in [0.25, 0.3) is 5.91 Å². The summed E-state index contributed by atoms with van der Waals surface area (Å²) in [5.74, 6) is -0.109. The van der Waals surface area contributed by atoms with Gasteiger partial charge in [0.1, 0.15) is 5.00 Å². The summed E-state index contributed by atoms with van der Waals surface area (Å²) in [7, 11) is 3.90. The normalized spacial score (nSPS) is 10.2. The van der Waals surface area contributed by atoms with Crippen molar-refractivity contribution in [1.82, 2.24) is 4.37 Å². The molecule has 0 saturated carbocycles. The van der Waals surface area contributed by atoms with E-state index in [1.807, 2.05) is 50.2 Å². The Bertz CT molecular complexity index is 563. The first-order chi connectivity index (χ1) is 8.56. The van der Waals surface area contributed by atoms with Gasteiger partial charge in [0.2, 0.25) is 0 Å². The Balaban J connectivity index is 2.16. The van der Waals surface area contributed by atoms with E-state index in [9.17, 15) is 4.79 Å². The van der Waals surface area contributed by atoms with E-state index in [-0.39, 0.29) is 5.91 Å². The Hall–Kier alpha value is -1.88. The lowest BCUT2D eigenvalue weighted by atomic mass is 10.2. The third-order valence-corrected chi connectivity index (χ3v) is 3.29. The highest BCUT2D eigenvalue weighted by atomic mass is 32.1. The van der Waals surface area contributed by atoms with Crippen LogP contribution in [-0.2, 0) is 0 Å². The molecule has 4 nitrogen and oxygen atoms in total. The second-order valence-corrected chi connectivity index (χ2v) is 5.04. The van der Waals surface area contributed by atoms with Crippen LogP contribution < -0.4 is 10.2 Å². The van der Waals surface area contributed by atoms with Crippen LogP contribution in [0.25, 0.3) is 0 Å². The number of aromatic nitrogens is 1. The molecule has 0 aliphatic rings. The van der Waals surface area contributed by atoms with Crippen LogP contribution >= 0.6 is 11.5 Å². The molecule has 0 aliphatic heterocycles. The fourth-order valence-electron chi connectivity index (χ4n) is 1.53. The van der Waals surface area contributed by atoms with E-state index >= 15 is 0 Å². The number of rotatable bonds is 3. The predicted molar refractivity (Wildman–Crippen MR) is 75.6 cm³/mol. The van der Waals surface area contributed by atoms with Gasteiger partial charge in [-0.25, -0.2) is 0 Å². The Morgan fingerprint density at radius 2 is 2.11 bits per heavy atom. The minimum absolute atomic E-state index is 0.109. The molecule has 0 atom stereocenters. The minimum atomic E-state index is -0.109. The summed E-state index contributed by atoms with van der Waals surface area (Å²) in [6.07, 6.45) is 0. The number of amides is 1. The number of hydrogen-bond donors (Lipinski definition) is 1. The van der Waals surface area contributed by atoms with Crippen LogP contribution in [0.5, 0.6) is 0 Å². The topological polar surface area (TPSA) is 45.2 Å². The fraction of sp³-hybridized carbons (Fsp3) is 0.231. The van der Waals surface area contributed by atoms with E-state index < -0.39 is 0 Å². The molecular weight excluding hydrogens is 246 g/mol. The molecule has 0 unspecified atom stereocenters. The Kier molecular flexibility index (Phi) is 3.62. The molecule has 0 radical (unpaired) electrons. The van der Waals surface area contributed by atoms with Gasteiger partial charge in [0, 0.05) is 25.3 Å². The molecule has 2 aromatic rings. The largest absolute Gasteiger partial charge is 0.378 e. The zero-order valence-corrected chi connectivity index (χ0v) is 11.4. The van der Waals surface area contributed by atoms with Crippen molar-refractivity contribution < 1.29 is 4.79 Å². The number of hydrogen-bond acceptors (Lipinski definition) is 4. The molecule has 1 amide bonds. The van der Waals surface area contributed by atoms with E-state index in [4.69, 9.17) is 0 Å². The van der Waals surface area contributed by atoms with E-state index in [1.165, 1.54) is 11.5 Å². The van der Waals surface area contributed by atoms with E-state index in [0.29, 0.717) is 5.56 Å².